The fourth-order valence-corrected chi connectivity index (χ4v) is 4.36. The quantitative estimate of drug-likeness (QED) is 0.768. The second kappa shape index (κ2) is 3.48. The Labute approximate surface area is 102 Å². The number of para-hydroxylation sites is 1. The molecule has 17 heavy (non-hydrogen) atoms. The van der Waals surface area contributed by atoms with Gasteiger partial charge in [0.2, 0.25) is 10.0 Å². The Bertz CT molecular complexity index is 544. The first-order valence-electron chi connectivity index (χ1n) is 6.10. The van der Waals surface area contributed by atoms with Crippen molar-refractivity contribution in [2.24, 2.45) is 0 Å². The predicted molar refractivity (Wildman–Crippen MR) is 68.8 cm³/mol. The highest BCUT2D eigenvalue weighted by Gasteiger charge is 2.46. The molecule has 4 heteroatoms. The summed E-state index contributed by atoms with van der Waals surface area (Å²) >= 11 is 0. The van der Waals surface area contributed by atoms with Crippen LogP contribution in [0.1, 0.15) is 31.2 Å². The number of nitrogens with zero attached hydrogens (tertiary/aromatic N) is 1. The second-order valence-corrected chi connectivity index (χ2v) is 7.18. The Kier molecular flexibility index (Phi) is 2.27. The van der Waals surface area contributed by atoms with E-state index in [-0.39, 0.29) is 5.41 Å². The molecule has 0 bridgehead atoms. The molecule has 92 valence electrons. The molecule has 0 atom stereocenters. The van der Waals surface area contributed by atoms with Gasteiger partial charge in [-0.15, -0.1) is 0 Å². The summed E-state index contributed by atoms with van der Waals surface area (Å²) in [4.78, 5) is 0. The highest BCUT2D eigenvalue weighted by Crippen LogP contribution is 2.50. The van der Waals surface area contributed by atoms with Crippen molar-refractivity contribution in [1.29, 1.82) is 0 Å². The van der Waals surface area contributed by atoms with Gasteiger partial charge in [0.1, 0.15) is 0 Å². The van der Waals surface area contributed by atoms with Crippen molar-refractivity contribution in [1.82, 2.24) is 0 Å². The fraction of sp³-hybridized carbons (Fsp3) is 0.538. The third-order valence-electron chi connectivity index (χ3n) is 4.15. The molecule has 0 amide bonds. The van der Waals surface area contributed by atoms with E-state index in [1.54, 1.807) is 4.31 Å². The first-order chi connectivity index (χ1) is 8.03. The van der Waals surface area contributed by atoms with Crippen molar-refractivity contribution in [3.8, 4) is 0 Å². The number of sulfonamides is 1. The number of benzene rings is 1. The van der Waals surface area contributed by atoms with Crippen LogP contribution in [0, 0.1) is 0 Å². The first kappa shape index (κ1) is 11.1. The van der Waals surface area contributed by atoms with Crippen LogP contribution in [0.4, 0.5) is 5.69 Å². The van der Waals surface area contributed by atoms with Crippen LogP contribution in [0.5, 0.6) is 0 Å². The van der Waals surface area contributed by atoms with Crippen LogP contribution in [0.2, 0.25) is 0 Å². The molecular weight excluding hydrogens is 234 g/mol. The molecule has 1 spiro atoms. The number of hydrogen-bond acceptors (Lipinski definition) is 2. The van der Waals surface area contributed by atoms with E-state index in [9.17, 15) is 8.42 Å². The van der Waals surface area contributed by atoms with Crippen LogP contribution in [-0.4, -0.2) is 21.2 Å². The summed E-state index contributed by atoms with van der Waals surface area (Å²) in [5.74, 6) is 0. The summed E-state index contributed by atoms with van der Waals surface area (Å²) < 4.78 is 25.3. The van der Waals surface area contributed by atoms with Gasteiger partial charge in [0.05, 0.1) is 11.9 Å². The molecule has 0 radical (unpaired) electrons. The molecule has 2 aliphatic rings. The van der Waals surface area contributed by atoms with Gasteiger partial charge in [-0.2, -0.15) is 0 Å². The Hall–Kier alpha value is -1.03. The average Bonchev–Trinajstić information content (AvgIpc) is 2.86. The molecule has 0 N–H and O–H groups in total. The van der Waals surface area contributed by atoms with Gasteiger partial charge in [-0.05, 0) is 24.5 Å². The molecule has 1 saturated carbocycles. The smallest absolute Gasteiger partial charge is 0.232 e. The zero-order valence-corrected chi connectivity index (χ0v) is 10.8. The highest BCUT2D eigenvalue weighted by atomic mass is 32.2. The van der Waals surface area contributed by atoms with Crippen molar-refractivity contribution in [2.75, 3.05) is 17.1 Å². The number of hydrogen-bond donors (Lipinski definition) is 0. The van der Waals surface area contributed by atoms with Crippen molar-refractivity contribution in [2.45, 2.75) is 31.1 Å². The lowest BCUT2D eigenvalue weighted by Crippen LogP contribution is -2.34. The van der Waals surface area contributed by atoms with Gasteiger partial charge in [0.25, 0.3) is 0 Å². The topological polar surface area (TPSA) is 37.4 Å². The highest BCUT2D eigenvalue weighted by molar-refractivity contribution is 7.92. The molecule has 0 unspecified atom stereocenters. The minimum atomic E-state index is -3.15. The minimum absolute atomic E-state index is 0.0969. The maximum absolute atomic E-state index is 11.9. The molecule has 1 fully saturated rings. The summed E-state index contributed by atoms with van der Waals surface area (Å²) in [5.41, 5.74) is 2.24. The van der Waals surface area contributed by atoms with Gasteiger partial charge in [0, 0.05) is 12.0 Å². The number of anilines is 1. The largest absolute Gasteiger partial charge is 0.269 e. The van der Waals surface area contributed by atoms with E-state index in [2.05, 4.69) is 6.07 Å². The van der Waals surface area contributed by atoms with Gasteiger partial charge in [0.15, 0.2) is 0 Å². The molecule has 0 saturated heterocycles. The maximum Gasteiger partial charge on any atom is 0.232 e. The molecule has 1 aromatic carbocycles. The third-order valence-corrected chi connectivity index (χ3v) is 5.28. The lowest BCUT2D eigenvalue weighted by molar-refractivity contribution is 0.477. The normalized spacial score (nSPS) is 22.1. The third kappa shape index (κ3) is 1.58. The minimum Gasteiger partial charge on any atom is -0.269 e. The van der Waals surface area contributed by atoms with Crippen LogP contribution < -0.4 is 4.31 Å². The Morgan fingerprint density at radius 2 is 1.82 bits per heavy atom. The second-order valence-electron chi connectivity index (χ2n) is 5.27. The van der Waals surface area contributed by atoms with Crippen LogP contribution >= 0.6 is 0 Å². The summed E-state index contributed by atoms with van der Waals surface area (Å²) in [6.07, 6.45) is 5.97. The van der Waals surface area contributed by atoms with Gasteiger partial charge in [-0.3, -0.25) is 4.31 Å². The van der Waals surface area contributed by atoms with Crippen molar-refractivity contribution >= 4 is 15.7 Å². The number of fused-ring (bicyclic) bond motifs is 2. The molecule has 0 aromatic heterocycles. The van der Waals surface area contributed by atoms with Crippen LogP contribution in [0.3, 0.4) is 0 Å². The molecule has 3 nitrogen and oxygen atoms in total. The zero-order valence-electron chi connectivity index (χ0n) is 10.0. The maximum atomic E-state index is 11.9. The van der Waals surface area contributed by atoms with E-state index in [0.29, 0.717) is 6.54 Å². The summed E-state index contributed by atoms with van der Waals surface area (Å²) in [7, 11) is -3.15. The standard InChI is InChI=1S/C13H17NO2S/c1-17(15,16)14-10-13(8-4-5-9-13)11-6-2-3-7-12(11)14/h2-3,6-7H,4-5,8-10H2,1H3. The van der Waals surface area contributed by atoms with E-state index < -0.39 is 10.0 Å². The van der Waals surface area contributed by atoms with Gasteiger partial charge >= 0.3 is 0 Å². The molecule has 1 heterocycles. The molecule has 1 aliphatic heterocycles. The van der Waals surface area contributed by atoms with Gasteiger partial charge in [-0.25, -0.2) is 8.42 Å². The molecule has 1 aliphatic carbocycles. The fourth-order valence-electron chi connectivity index (χ4n) is 3.36. The van der Waals surface area contributed by atoms with Crippen LogP contribution in [0.25, 0.3) is 0 Å². The summed E-state index contributed by atoms with van der Waals surface area (Å²) in [6, 6.07) is 7.98. The summed E-state index contributed by atoms with van der Waals surface area (Å²) in [5, 5.41) is 0. The molecule has 1 aromatic rings. The zero-order chi connectivity index (χ0) is 12.1. The lowest BCUT2D eigenvalue weighted by Gasteiger charge is -2.24. The van der Waals surface area contributed by atoms with Crippen LogP contribution in [-0.2, 0) is 15.4 Å². The predicted octanol–water partition coefficient (Wildman–Crippen LogP) is 2.28. The SMILES string of the molecule is CS(=O)(=O)N1CC2(CCCC2)c2ccccc21. The lowest BCUT2D eigenvalue weighted by atomic mass is 9.81. The van der Waals surface area contributed by atoms with E-state index in [0.717, 1.165) is 18.5 Å². The van der Waals surface area contributed by atoms with E-state index in [1.165, 1.54) is 24.7 Å². The number of rotatable bonds is 1. The van der Waals surface area contributed by atoms with E-state index in [1.807, 2.05) is 18.2 Å². The molecule has 3 rings (SSSR count). The van der Waals surface area contributed by atoms with Gasteiger partial charge in [-0.1, -0.05) is 31.0 Å². The Balaban J connectivity index is 2.16. The van der Waals surface area contributed by atoms with Crippen molar-refractivity contribution in [3.05, 3.63) is 29.8 Å². The average molecular weight is 251 g/mol. The Morgan fingerprint density at radius 3 is 2.47 bits per heavy atom. The van der Waals surface area contributed by atoms with Gasteiger partial charge < -0.3 is 0 Å². The monoisotopic (exact) mass is 251 g/mol. The molecular formula is C13H17NO2S. The van der Waals surface area contributed by atoms with E-state index in [4.69, 9.17) is 0 Å². The van der Waals surface area contributed by atoms with Crippen molar-refractivity contribution < 1.29 is 8.42 Å². The first-order valence-corrected chi connectivity index (χ1v) is 7.95. The van der Waals surface area contributed by atoms with Crippen LogP contribution in [0.15, 0.2) is 24.3 Å². The van der Waals surface area contributed by atoms with E-state index >= 15 is 0 Å². The Morgan fingerprint density at radius 1 is 1.18 bits per heavy atom. The van der Waals surface area contributed by atoms with Crippen molar-refractivity contribution in [3.63, 3.8) is 0 Å². The summed E-state index contributed by atoms with van der Waals surface area (Å²) in [6.45, 7) is 0.644.